The number of aromatic nitrogens is 1. The molecule has 1 aliphatic rings. The van der Waals surface area contributed by atoms with Crippen molar-refractivity contribution < 1.29 is 9.26 Å². The number of hydrogen-bond donors (Lipinski definition) is 1. The van der Waals surface area contributed by atoms with Crippen molar-refractivity contribution in [2.24, 2.45) is 0 Å². The Hall–Kier alpha value is -1.97. The summed E-state index contributed by atoms with van der Waals surface area (Å²) in [7, 11) is 3.56. The zero-order valence-electron chi connectivity index (χ0n) is 11.3. The lowest BCUT2D eigenvalue weighted by Crippen LogP contribution is -2.11. The minimum atomic E-state index is 0.334. The summed E-state index contributed by atoms with van der Waals surface area (Å²) in [5, 5.41) is 7.34. The fourth-order valence-corrected chi connectivity index (χ4v) is 2.81. The quantitative estimate of drug-likeness (QED) is 0.918. The molecule has 1 heterocycles. The summed E-state index contributed by atoms with van der Waals surface area (Å²) < 4.78 is 10.6. The molecule has 0 amide bonds. The van der Waals surface area contributed by atoms with E-state index in [4.69, 9.17) is 9.26 Å². The first-order valence-corrected chi connectivity index (χ1v) is 6.63. The molecule has 1 aliphatic carbocycles. The number of fused-ring (bicyclic) bond motifs is 1. The Bertz CT molecular complexity index is 560. The van der Waals surface area contributed by atoms with Crippen LogP contribution in [0, 0.1) is 0 Å². The second kappa shape index (κ2) is 4.96. The highest BCUT2D eigenvalue weighted by Gasteiger charge is 2.28. The van der Waals surface area contributed by atoms with E-state index in [1.165, 1.54) is 17.5 Å². The Balaban J connectivity index is 1.96. The smallest absolute Gasteiger partial charge is 0.227 e. The van der Waals surface area contributed by atoms with Gasteiger partial charge in [-0.3, -0.25) is 0 Å². The van der Waals surface area contributed by atoms with Crippen LogP contribution in [0.25, 0.3) is 0 Å². The van der Waals surface area contributed by atoms with E-state index in [2.05, 4.69) is 22.6 Å². The normalized spacial score (nSPS) is 17.9. The molecule has 100 valence electrons. The van der Waals surface area contributed by atoms with Crippen LogP contribution in [0.1, 0.15) is 35.6 Å². The average Bonchev–Trinajstić information content (AvgIpc) is 2.90. The second-order valence-corrected chi connectivity index (χ2v) is 4.84. The SMILES string of the molecule is CNc1onc2c1CCCC2c1ccc(OC)cc1. The van der Waals surface area contributed by atoms with Gasteiger partial charge in [0.2, 0.25) is 5.88 Å². The number of rotatable bonds is 3. The highest BCUT2D eigenvalue weighted by molar-refractivity contribution is 5.48. The molecule has 1 aromatic heterocycles. The minimum absolute atomic E-state index is 0.334. The number of benzene rings is 1. The predicted molar refractivity (Wildman–Crippen MR) is 73.8 cm³/mol. The molecule has 1 N–H and O–H groups in total. The van der Waals surface area contributed by atoms with E-state index in [-0.39, 0.29) is 0 Å². The van der Waals surface area contributed by atoms with Crippen molar-refractivity contribution >= 4 is 5.88 Å². The largest absolute Gasteiger partial charge is 0.497 e. The number of ether oxygens (including phenoxy) is 1. The van der Waals surface area contributed by atoms with Crippen molar-refractivity contribution in [3.63, 3.8) is 0 Å². The fourth-order valence-electron chi connectivity index (χ4n) is 2.81. The molecule has 0 radical (unpaired) electrons. The number of anilines is 1. The molecule has 0 spiro atoms. The molecule has 4 nitrogen and oxygen atoms in total. The van der Waals surface area contributed by atoms with Gasteiger partial charge in [-0.05, 0) is 37.0 Å². The molecule has 2 aromatic rings. The van der Waals surface area contributed by atoms with E-state index in [0.717, 1.165) is 30.2 Å². The van der Waals surface area contributed by atoms with Gasteiger partial charge in [-0.15, -0.1) is 0 Å². The summed E-state index contributed by atoms with van der Waals surface area (Å²) in [5.41, 5.74) is 3.59. The Morgan fingerprint density at radius 1 is 1.32 bits per heavy atom. The summed E-state index contributed by atoms with van der Waals surface area (Å²) in [4.78, 5) is 0. The van der Waals surface area contributed by atoms with E-state index < -0.39 is 0 Å². The lowest BCUT2D eigenvalue weighted by molar-refractivity contribution is 0.413. The lowest BCUT2D eigenvalue weighted by atomic mass is 9.83. The summed E-state index contributed by atoms with van der Waals surface area (Å²) in [6, 6.07) is 8.24. The van der Waals surface area contributed by atoms with Crippen LogP contribution in [0.3, 0.4) is 0 Å². The standard InChI is InChI=1S/C15H18N2O2/c1-16-15-13-5-3-4-12(14(13)17-19-15)10-6-8-11(18-2)9-7-10/h6-9,12,16H,3-5H2,1-2H3. The van der Waals surface area contributed by atoms with Gasteiger partial charge in [-0.2, -0.15) is 0 Å². The summed E-state index contributed by atoms with van der Waals surface area (Å²) in [6.45, 7) is 0. The molecule has 0 saturated carbocycles. The van der Waals surface area contributed by atoms with Gasteiger partial charge in [0.15, 0.2) is 0 Å². The van der Waals surface area contributed by atoms with Gasteiger partial charge in [-0.25, -0.2) is 0 Å². The number of nitrogens with one attached hydrogen (secondary N) is 1. The molecule has 19 heavy (non-hydrogen) atoms. The summed E-state index contributed by atoms with van der Waals surface area (Å²) >= 11 is 0. The van der Waals surface area contributed by atoms with E-state index >= 15 is 0 Å². The molecule has 0 fully saturated rings. The first-order chi connectivity index (χ1) is 9.33. The third-order valence-corrected chi connectivity index (χ3v) is 3.81. The second-order valence-electron chi connectivity index (χ2n) is 4.84. The topological polar surface area (TPSA) is 47.3 Å². The molecule has 0 bridgehead atoms. The highest BCUT2D eigenvalue weighted by atomic mass is 16.5. The monoisotopic (exact) mass is 258 g/mol. The van der Waals surface area contributed by atoms with Crippen LogP contribution in [0.4, 0.5) is 5.88 Å². The number of nitrogens with zero attached hydrogens (tertiary/aromatic N) is 1. The number of methoxy groups -OCH3 is 1. The van der Waals surface area contributed by atoms with Crippen LogP contribution in [0.15, 0.2) is 28.8 Å². The van der Waals surface area contributed by atoms with Crippen molar-refractivity contribution in [3.05, 3.63) is 41.1 Å². The molecule has 1 aromatic carbocycles. The highest BCUT2D eigenvalue weighted by Crippen LogP contribution is 2.39. The van der Waals surface area contributed by atoms with Crippen molar-refractivity contribution in [1.29, 1.82) is 0 Å². The van der Waals surface area contributed by atoms with Crippen molar-refractivity contribution in [2.45, 2.75) is 25.2 Å². The van der Waals surface area contributed by atoms with Crippen LogP contribution >= 0.6 is 0 Å². The van der Waals surface area contributed by atoms with E-state index in [0.29, 0.717) is 5.92 Å². The van der Waals surface area contributed by atoms with Gasteiger partial charge in [0.1, 0.15) is 5.75 Å². The van der Waals surface area contributed by atoms with E-state index in [1.807, 2.05) is 19.2 Å². The van der Waals surface area contributed by atoms with Gasteiger partial charge in [-0.1, -0.05) is 17.3 Å². The Morgan fingerprint density at radius 2 is 2.11 bits per heavy atom. The van der Waals surface area contributed by atoms with Crippen molar-refractivity contribution in [1.82, 2.24) is 5.16 Å². The molecular weight excluding hydrogens is 240 g/mol. The zero-order chi connectivity index (χ0) is 13.2. The van der Waals surface area contributed by atoms with Gasteiger partial charge in [0.25, 0.3) is 0 Å². The minimum Gasteiger partial charge on any atom is -0.497 e. The third kappa shape index (κ3) is 2.07. The Labute approximate surface area is 112 Å². The van der Waals surface area contributed by atoms with Gasteiger partial charge in [0, 0.05) is 18.5 Å². The maximum atomic E-state index is 5.38. The molecule has 0 aliphatic heterocycles. The van der Waals surface area contributed by atoms with Crippen LogP contribution in [0.5, 0.6) is 5.75 Å². The van der Waals surface area contributed by atoms with Gasteiger partial charge >= 0.3 is 0 Å². The molecular formula is C15H18N2O2. The summed E-state index contributed by atoms with van der Waals surface area (Å²) in [6.07, 6.45) is 3.33. The predicted octanol–water partition coefficient (Wildman–Crippen LogP) is 3.19. The first kappa shape index (κ1) is 12.1. The molecule has 0 saturated heterocycles. The third-order valence-electron chi connectivity index (χ3n) is 3.81. The van der Waals surface area contributed by atoms with Crippen molar-refractivity contribution in [3.8, 4) is 5.75 Å². The number of hydrogen-bond acceptors (Lipinski definition) is 4. The average molecular weight is 258 g/mol. The Morgan fingerprint density at radius 3 is 2.79 bits per heavy atom. The maximum absolute atomic E-state index is 5.38. The van der Waals surface area contributed by atoms with Gasteiger partial charge < -0.3 is 14.6 Å². The fraction of sp³-hybridized carbons (Fsp3) is 0.400. The lowest BCUT2D eigenvalue weighted by Gasteiger charge is -2.21. The molecule has 1 unspecified atom stereocenters. The van der Waals surface area contributed by atoms with Crippen LogP contribution < -0.4 is 10.1 Å². The van der Waals surface area contributed by atoms with Crippen LogP contribution in [0.2, 0.25) is 0 Å². The Kier molecular flexibility index (Phi) is 3.15. The van der Waals surface area contributed by atoms with Crippen LogP contribution in [-0.2, 0) is 6.42 Å². The van der Waals surface area contributed by atoms with E-state index in [1.54, 1.807) is 7.11 Å². The van der Waals surface area contributed by atoms with Gasteiger partial charge in [0.05, 0.1) is 12.8 Å². The van der Waals surface area contributed by atoms with Crippen molar-refractivity contribution in [2.75, 3.05) is 19.5 Å². The molecule has 3 rings (SSSR count). The van der Waals surface area contributed by atoms with Crippen LogP contribution in [-0.4, -0.2) is 19.3 Å². The zero-order valence-corrected chi connectivity index (χ0v) is 11.3. The molecule has 1 atom stereocenters. The maximum Gasteiger partial charge on any atom is 0.227 e. The first-order valence-electron chi connectivity index (χ1n) is 6.63. The van der Waals surface area contributed by atoms with E-state index in [9.17, 15) is 0 Å². The summed E-state index contributed by atoms with van der Waals surface area (Å²) in [5.74, 6) is 2.03. The molecule has 4 heteroatoms.